The Labute approximate surface area is 205 Å². The number of hydrogen-bond donors (Lipinski definition) is 2. The van der Waals surface area contributed by atoms with Gasteiger partial charge in [-0.25, -0.2) is 13.1 Å². The molecule has 174 valence electrons. The number of nitrogens with zero attached hydrogens (tertiary/aromatic N) is 5. The zero-order valence-electron chi connectivity index (χ0n) is 18.0. The number of aryl methyl sites for hydroxylation is 2. The van der Waals surface area contributed by atoms with E-state index in [2.05, 4.69) is 24.6 Å². The number of nitrogen functional groups attached to an aromatic ring is 1. The Balaban J connectivity index is 1.43. The molecule has 0 bridgehead atoms. The van der Waals surface area contributed by atoms with Crippen molar-refractivity contribution in [1.82, 2.24) is 14.9 Å². The van der Waals surface area contributed by atoms with E-state index in [4.69, 9.17) is 22.5 Å². The van der Waals surface area contributed by atoms with Gasteiger partial charge in [-0.2, -0.15) is 5.10 Å². The first-order chi connectivity index (χ1) is 16.2. The van der Waals surface area contributed by atoms with E-state index in [1.807, 2.05) is 37.3 Å². The van der Waals surface area contributed by atoms with Crippen LogP contribution in [-0.4, -0.2) is 27.6 Å². The maximum Gasteiger partial charge on any atom is 0.263 e. The third-order valence-electron chi connectivity index (χ3n) is 4.59. The Morgan fingerprint density at radius 1 is 1.15 bits per heavy atom. The van der Waals surface area contributed by atoms with Crippen LogP contribution < -0.4 is 10.5 Å². The van der Waals surface area contributed by atoms with Gasteiger partial charge < -0.3 is 10.3 Å². The number of anilines is 2. The Bertz CT molecular complexity index is 1460. The van der Waals surface area contributed by atoms with Gasteiger partial charge in [-0.05, 0) is 50.2 Å². The van der Waals surface area contributed by atoms with Crippen LogP contribution in [0.4, 0.5) is 17.3 Å². The molecule has 0 fully saturated rings. The molecule has 0 saturated carbocycles. The molecular weight excluding hydrogens is 494 g/mol. The molecule has 0 spiro atoms. The van der Waals surface area contributed by atoms with Crippen LogP contribution in [0.15, 0.2) is 79.7 Å². The SMILES string of the molecule is Cc1cc(NS(=O)(=O)c2ccc(N=NSC(=S)c3c(C)nn(-c4ccccc4)c3N)cc2)no1. The first kappa shape index (κ1) is 23.6. The van der Waals surface area contributed by atoms with Crippen molar-refractivity contribution in [1.29, 1.82) is 0 Å². The summed E-state index contributed by atoms with van der Waals surface area (Å²) < 4.78 is 38.3. The molecule has 0 aliphatic carbocycles. The summed E-state index contributed by atoms with van der Waals surface area (Å²) >= 11 is 6.46. The molecule has 0 radical (unpaired) electrons. The molecule has 0 atom stereocenters. The number of thiocarbonyl (C=S) groups is 1. The number of hydrogen-bond acceptors (Lipinski definition) is 10. The van der Waals surface area contributed by atoms with Crippen LogP contribution in [0, 0.1) is 13.8 Å². The highest BCUT2D eigenvalue weighted by molar-refractivity contribution is 8.22. The van der Waals surface area contributed by atoms with E-state index in [0.29, 0.717) is 32.7 Å². The molecule has 13 heteroatoms. The monoisotopic (exact) mass is 513 g/mol. The molecule has 3 N–H and O–H groups in total. The fraction of sp³-hybridized carbons (Fsp3) is 0.0952. The van der Waals surface area contributed by atoms with Crippen molar-refractivity contribution >= 4 is 55.7 Å². The zero-order valence-corrected chi connectivity index (χ0v) is 20.5. The summed E-state index contributed by atoms with van der Waals surface area (Å²) in [6.07, 6.45) is 0. The zero-order chi connectivity index (χ0) is 24.3. The predicted octanol–water partition coefficient (Wildman–Crippen LogP) is 4.97. The summed E-state index contributed by atoms with van der Waals surface area (Å²) in [4.78, 5) is 0.0481. The van der Waals surface area contributed by atoms with E-state index in [1.54, 1.807) is 11.6 Å². The molecule has 0 aliphatic rings. The van der Waals surface area contributed by atoms with Crippen LogP contribution in [0.1, 0.15) is 17.0 Å². The van der Waals surface area contributed by atoms with Crippen molar-refractivity contribution in [3.05, 3.63) is 77.7 Å². The Morgan fingerprint density at radius 3 is 2.50 bits per heavy atom. The molecule has 4 aromatic rings. The lowest BCUT2D eigenvalue weighted by Gasteiger charge is -2.05. The number of benzene rings is 2. The van der Waals surface area contributed by atoms with E-state index in [9.17, 15) is 8.42 Å². The lowest BCUT2D eigenvalue weighted by Crippen LogP contribution is -2.12. The second-order valence-corrected chi connectivity index (χ2v) is 10.2. The number of aromatic nitrogens is 3. The summed E-state index contributed by atoms with van der Waals surface area (Å²) in [7, 11) is -3.81. The summed E-state index contributed by atoms with van der Waals surface area (Å²) in [5.74, 6) is 1.02. The van der Waals surface area contributed by atoms with Crippen LogP contribution in [0.2, 0.25) is 0 Å². The molecule has 4 rings (SSSR count). The van der Waals surface area contributed by atoms with Crippen molar-refractivity contribution in [2.45, 2.75) is 18.7 Å². The van der Waals surface area contributed by atoms with Gasteiger partial charge in [0.1, 0.15) is 15.8 Å². The van der Waals surface area contributed by atoms with Gasteiger partial charge in [0.05, 0.1) is 27.5 Å². The molecule has 0 aliphatic heterocycles. The Morgan fingerprint density at radius 2 is 1.85 bits per heavy atom. The normalized spacial score (nSPS) is 11.7. The smallest absolute Gasteiger partial charge is 0.263 e. The predicted molar refractivity (Wildman–Crippen MR) is 135 cm³/mol. The van der Waals surface area contributed by atoms with Gasteiger partial charge in [-0.3, -0.25) is 4.72 Å². The first-order valence-electron chi connectivity index (χ1n) is 9.84. The highest BCUT2D eigenvalue weighted by atomic mass is 32.2. The Kier molecular flexibility index (Phi) is 6.77. The van der Waals surface area contributed by atoms with Crippen molar-refractivity contribution in [3.8, 4) is 5.69 Å². The summed E-state index contributed by atoms with van der Waals surface area (Å²) in [6.45, 7) is 3.49. The minimum Gasteiger partial charge on any atom is -0.383 e. The summed E-state index contributed by atoms with van der Waals surface area (Å²) in [6, 6.07) is 16.9. The molecule has 2 aromatic carbocycles. The van der Waals surface area contributed by atoms with Crippen molar-refractivity contribution in [2.24, 2.45) is 9.63 Å². The lowest BCUT2D eigenvalue weighted by atomic mass is 10.2. The van der Waals surface area contributed by atoms with E-state index in [1.165, 1.54) is 30.3 Å². The van der Waals surface area contributed by atoms with E-state index < -0.39 is 10.0 Å². The van der Waals surface area contributed by atoms with E-state index in [-0.39, 0.29) is 10.7 Å². The van der Waals surface area contributed by atoms with Gasteiger partial charge in [0, 0.05) is 18.0 Å². The van der Waals surface area contributed by atoms with Gasteiger partial charge in [0.2, 0.25) is 0 Å². The largest absolute Gasteiger partial charge is 0.383 e. The number of sulfonamides is 1. The average Bonchev–Trinajstić information content (AvgIpc) is 3.35. The van der Waals surface area contributed by atoms with Gasteiger partial charge in [-0.15, -0.1) is 9.63 Å². The lowest BCUT2D eigenvalue weighted by molar-refractivity contribution is 0.400. The summed E-state index contributed by atoms with van der Waals surface area (Å²) in [5.41, 5.74) is 8.87. The third kappa shape index (κ3) is 5.16. The first-order valence-corrected chi connectivity index (χ1v) is 12.5. The average molecular weight is 514 g/mol. The van der Waals surface area contributed by atoms with Crippen LogP contribution in [0.25, 0.3) is 5.69 Å². The summed E-state index contributed by atoms with van der Waals surface area (Å²) in [5, 5.41) is 12.2. The van der Waals surface area contributed by atoms with Crippen molar-refractivity contribution in [2.75, 3.05) is 10.5 Å². The van der Waals surface area contributed by atoms with Gasteiger partial charge in [0.15, 0.2) is 5.82 Å². The topological polar surface area (TPSA) is 141 Å². The molecule has 2 aromatic heterocycles. The fourth-order valence-electron chi connectivity index (χ4n) is 3.02. The van der Waals surface area contributed by atoms with Gasteiger partial charge in [0.25, 0.3) is 10.0 Å². The van der Waals surface area contributed by atoms with Crippen molar-refractivity contribution in [3.63, 3.8) is 0 Å². The van der Waals surface area contributed by atoms with Crippen LogP contribution in [-0.2, 0) is 10.0 Å². The number of nitrogens with two attached hydrogens (primary N) is 1. The van der Waals surface area contributed by atoms with E-state index in [0.717, 1.165) is 17.6 Å². The second-order valence-electron chi connectivity index (χ2n) is 7.08. The number of para-hydroxylation sites is 1. The fourth-order valence-corrected chi connectivity index (χ4v) is 4.91. The number of rotatable bonds is 7. The van der Waals surface area contributed by atoms with Crippen LogP contribution in [0.3, 0.4) is 0 Å². The van der Waals surface area contributed by atoms with E-state index >= 15 is 0 Å². The maximum atomic E-state index is 12.5. The van der Waals surface area contributed by atoms with Crippen LogP contribution >= 0.6 is 24.2 Å². The third-order valence-corrected chi connectivity index (χ3v) is 6.93. The molecule has 2 heterocycles. The molecule has 10 nitrogen and oxygen atoms in total. The highest BCUT2D eigenvalue weighted by Gasteiger charge is 2.19. The quantitative estimate of drug-likeness (QED) is 0.200. The standard InChI is InChI=1S/C21H19N7O3S3/c1-13-12-18(25-31-13)26-34(29,30)17-10-8-15(9-11-17)23-27-33-21(32)19-14(2)24-28(20(19)22)16-6-4-3-5-7-16/h3-12H,22H2,1-2H3,(H,25,26). The second kappa shape index (κ2) is 9.75. The van der Waals surface area contributed by atoms with Crippen LogP contribution in [0.5, 0.6) is 0 Å². The minimum absolute atomic E-state index is 0.0481. The van der Waals surface area contributed by atoms with Crippen molar-refractivity contribution < 1.29 is 12.9 Å². The maximum absolute atomic E-state index is 12.5. The minimum atomic E-state index is -3.81. The Hall–Kier alpha value is -3.55. The molecular formula is C21H19N7O3S3. The number of nitrogens with one attached hydrogen (secondary N) is 1. The highest BCUT2D eigenvalue weighted by Crippen LogP contribution is 2.28. The van der Waals surface area contributed by atoms with Gasteiger partial charge >= 0.3 is 0 Å². The molecule has 0 unspecified atom stereocenters. The molecule has 0 amide bonds. The molecule has 34 heavy (non-hydrogen) atoms. The molecule has 0 saturated heterocycles. The van der Waals surface area contributed by atoms with Gasteiger partial charge in [-0.1, -0.05) is 35.6 Å².